The van der Waals surface area contributed by atoms with Gasteiger partial charge in [-0.05, 0) is 47.9 Å². The third kappa shape index (κ3) is 5.29. The molecule has 0 aliphatic heterocycles. The van der Waals surface area contributed by atoms with Crippen LogP contribution < -0.4 is 0 Å². The average molecular weight is 406 g/mol. The highest BCUT2D eigenvalue weighted by molar-refractivity contribution is 9.10. The van der Waals surface area contributed by atoms with Crippen molar-refractivity contribution in [3.05, 3.63) is 25.6 Å². The Balaban J connectivity index is 2.79. The number of thioether (sulfide) groups is 1. The third-order valence-electron chi connectivity index (χ3n) is 2.54. The zero-order valence-corrected chi connectivity index (χ0v) is 15.7. The van der Waals surface area contributed by atoms with Gasteiger partial charge in [0.2, 0.25) is 0 Å². The minimum absolute atomic E-state index is 0.540. The molecule has 0 aliphatic rings. The standard InChI is InChI=1S/C13H17BrCl3NS/c1-3-5-18(6-4-2)8-19-13-10(16)7-9(15)11(14)12(13)17/h7H,3-6,8H2,1-2H3. The van der Waals surface area contributed by atoms with Gasteiger partial charge in [0, 0.05) is 10.8 Å². The molecule has 0 aliphatic carbocycles. The Morgan fingerprint density at radius 2 is 1.68 bits per heavy atom. The van der Waals surface area contributed by atoms with E-state index < -0.39 is 0 Å². The summed E-state index contributed by atoms with van der Waals surface area (Å²) in [6.07, 6.45) is 2.29. The van der Waals surface area contributed by atoms with E-state index in [2.05, 4.69) is 34.7 Å². The van der Waals surface area contributed by atoms with Crippen molar-refractivity contribution in [1.29, 1.82) is 0 Å². The van der Waals surface area contributed by atoms with Crippen molar-refractivity contribution in [1.82, 2.24) is 4.90 Å². The number of benzene rings is 1. The maximum atomic E-state index is 6.29. The van der Waals surface area contributed by atoms with E-state index in [1.54, 1.807) is 17.8 Å². The Morgan fingerprint density at radius 3 is 2.21 bits per heavy atom. The molecule has 0 N–H and O–H groups in total. The van der Waals surface area contributed by atoms with Gasteiger partial charge < -0.3 is 0 Å². The maximum Gasteiger partial charge on any atom is 0.0714 e. The molecule has 0 heterocycles. The van der Waals surface area contributed by atoms with Gasteiger partial charge in [0.05, 0.1) is 19.5 Å². The molecule has 0 amide bonds. The van der Waals surface area contributed by atoms with Crippen LogP contribution in [0, 0.1) is 0 Å². The smallest absolute Gasteiger partial charge is 0.0714 e. The largest absolute Gasteiger partial charge is 0.294 e. The molecule has 0 radical (unpaired) electrons. The molecule has 1 aromatic carbocycles. The first kappa shape index (κ1) is 17.9. The molecule has 0 saturated heterocycles. The molecular formula is C13H17BrCl3NS. The highest BCUT2D eigenvalue weighted by atomic mass is 79.9. The normalized spacial score (nSPS) is 11.3. The fourth-order valence-electron chi connectivity index (χ4n) is 1.71. The molecular weight excluding hydrogens is 388 g/mol. The van der Waals surface area contributed by atoms with E-state index >= 15 is 0 Å². The number of nitrogens with zero attached hydrogens (tertiary/aromatic N) is 1. The molecule has 6 heteroatoms. The van der Waals surface area contributed by atoms with Gasteiger partial charge in [0.15, 0.2) is 0 Å². The lowest BCUT2D eigenvalue weighted by molar-refractivity contribution is 0.322. The van der Waals surface area contributed by atoms with Gasteiger partial charge in [0.1, 0.15) is 0 Å². The van der Waals surface area contributed by atoms with Gasteiger partial charge in [-0.2, -0.15) is 0 Å². The van der Waals surface area contributed by atoms with Crippen LogP contribution in [-0.2, 0) is 0 Å². The van der Waals surface area contributed by atoms with Crippen LogP contribution in [0.4, 0.5) is 0 Å². The lowest BCUT2D eigenvalue weighted by atomic mass is 10.3. The zero-order chi connectivity index (χ0) is 14.4. The van der Waals surface area contributed by atoms with Gasteiger partial charge in [-0.15, -0.1) is 11.8 Å². The van der Waals surface area contributed by atoms with E-state index in [9.17, 15) is 0 Å². The summed E-state index contributed by atoms with van der Waals surface area (Å²) in [5.74, 6) is 0.884. The van der Waals surface area contributed by atoms with Crippen LogP contribution in [0.5, 0.6) is 0 Å². The van der Waals surface area contributed by atoms with Crippen molar-refractivity contribution < 1.29 is 0 Å². The van der Waals surface area contributed by atoms with Crippen molar-refractivity contribution >= 4 is 62.5 Å². The second-order valence-corrected chi connectivity index (χ2v) is 7.13. The minimum Gasteiger partial charge on any atom is -0.294 e. The summed E-state index contributed by atoms with van der Waals surface area (Å²) in [7, 11) is 0. The van der Waals surface area contributed by atoms with Crippen molar-refractivity contribution in [2.24, 2.45) is 0 Å². The van der Waals surface area contributed by atoms with Gasteiger partial charge >= 0.3 is 0 Å². The van der Waals surface area contributed by atoms with Crippen molar-refractivity contribution in [3.63, 3.8) is 0 Å². The first-order valence-corrected chi connectivity index (χ1v) is 9.10. The molecule has 1 rings (SSSR count). The summed E-state index contributed by atoms with van der Waals surface area (Å²) < 4.78 is 0.709. The third-order valence-corrected chi connectivity index (χ3v) is 6.23. The van der Waals surface area contributed by atoms with E-state index in [1.165, 1.54) is 0 Å². The Hall–Kier alpha value is 0.880. The lowest BCUT2D eigenvalue weighted by Gasteiger charge is -2.21. The van der Waals surface area contributed by atoms with E-state index in [4.69, 9.17) is 34.8 Å². The summed E-state index contributed by atoms with van der Waals surface area (Å²) in [6, 6.07) is 1.73. The Bertz CT molecular complexity index is 423. The molecule has 0 saturated carbocycles. The summed E-state index contributed by atoms with van der Waals surface area (Å²) in [6.45, 7) is 6.55. The molecule has 108 valence electrons. The monoisotopic (exact) mass is 403 g/mol. The number of halogens is 4. The van der Waals surface area contributed by atoms with Gasteiger partial charge in [-0.1, -0.05) is 48.7 Å². The maximum absolute atomic E-state index is 6.29. The first-order valence-electron chi connectivity index (χ1n) is 6.19. The highest BCUT2D eigenvalue weighted by Crippen LogP contribution is 2.42. The Labute approximate surface area is 143 Å². The van der Waals surface area contributed by atoms with E-state index in [-0.39, 0.29) is 0 Å². The highest BCUT2D eigenvalue weighted by Gasteiger charge is 2.15. The van der Waals surface area contributed by atoms with Crippen LogP contribution in [0.3, 0.4) is 0 Å². The Morgan fingerprint density at radius 1 is 1.11 bits per heavy atom. The van der Waals surface area contributed by atoms with Crippen LogP contribution >= 0.6 is 62.5 Å². The number of hydrogen-bond acceptors (Lipinski definition) is 2. The quantitative estimate of drug-likeness (QED) is 0.218. The van der Waals surface area contributed by atoms with Crippen molar-refractivity contribution in [3.8, 4) is 0 Å². The van der Waals surface area contributed by atoms with E-state index in [1.807, 2.05) is 0 Å². The van der Waals surface area contributed by atoms with E-state index in [0.717, 1.165) is 36.7 Å². The van der Waals surface area contributed by atoms with Crippen LogP contribution in [0.2, 0.25) is 15.1 Å². The molecule has 1 aromatic rings. The average Bonchev–Trinajstić information content (AvgIpc) is 2.36. The molecule has 0 aromatic heterocycles. The molecule has 0 bridgehead atoms. The zero-order valence-electron chi connectivity index (χ0n) is 11.0. The van der Waals surface area contributed by atoms with Crippen LogP contribution in [0.25, 0.3) is 0 Å². The molecule has 0 unspecified atom stereocenters. The molecule has 0 fully saturated rings. The second kappa shape index (κ2) is 9.01. The molecule has 19 heavy (non-hydrogen) atoms. The second-order valence-electron chi connectivity index (χ2n) is 4.19. The Kier molecular flexibility index (Phi) is 8.50. The lowest BCUT2D eigenvalue weighted by Crippen LogP contribution is -2.24. The van der Waals surface area contributed by atoms with Crippen LogP contribution in [0.15, 0.2) is 15.4 Å². The van der Waals surface area contributed by atoms with Crippen molar-refractivity contribution in [2.45, 2.75) is 31.6 Å². The summed E-state index contributed by atoms with van der Waals surface area (Å²) >= 11 is 23.6. The fourth-order valence-corrected chi connectivity index (χ4v) is 4.24. The summed E-state index contributed by atoms with van der Waals surface area (Å²) in [5.41, 5.74) is 0. The topological polar surface area (TPSA) is 3.24 Å². The number of hydrogen-bond donors (Lipinski definition) is 0. The first-order chi connectivity index (χ1) is 9.01. The molecule has 0 atom stereocenters. The van der Waals surface area contributed by atoms with E-state index in [0.29, 0.717) is 19.5 Å². The molecule has 0 spiro atoms. The fraction of sp³-hybridized carbons (Fsp3) is 0.538. The van der Waals surface area contributed by atoms with Crippen molar-refractivity contribution in [2.75, 3.05) is 19.0 Å². The van der Waals surface area contributed by atoms with Gasteiger partial charge in [0.25, 0.3) is 0 Å². The van der Waals surface area contributed by atoms with Gasteiger partial charge in [-0.25, -0.2) is 0 Å². The molecule has 1 nitrogen and oxygen atoms in total. The van der Waals surface area contributed by atoms with Crippen LogP contribution in [0.1, 0.15) is 26.7 Å². The summed E-state index contributed by atoms with van der Waals surface area (Å²) in [5, 5.41) is 1.74. The predicted molar refractivity (Wildman–Crippen MR) is 92.1 cm³/mol. The minimum atomic E-state index is 0.540. The summed E-state index contributed by atoms with van der Waals surface area (Å²) in [4.78, 5) is 3.29. The SMILES string of the molecule is CCCN(CCC)CSc1c(Cl)cc(Cl)c(Br)c1Cl. The number of rotatable bonds is 7. The predicted octanol–water partition coefficient (Wildman–Crippen LogP) is 6.58. The van der Waals surface area contributed by atoms with Crippen LogP contribution in [-0.4, -0.2) is 23.9 Å². The van der Waals surface area contributed by atoms with Gasteiger partial charge in [-0.3, -0.25) is 4.90 Å².